The van der Waals surface area contributed by atoms with Crippen LogP contribution < -0.4 is 5.32 Å². The van der Waals surface area contributed by atoms with Crippen molar-refractivity contribution in [2.75, 3.05) is 11.9 Å². The highest BCUT2D eigenvalue weighted by atomic mass is 16.4. The molecular formula is C14H22N2O2. The first kappa shape index (κ1) is 14.5. The van der Waals surface area contributed by atoms with Gasteiger partial charge in [0.15, 0.2) is 0 Å². The molecule has 0 radical (unpaired) electrons. The highest BCUT2D eigenvalue weighted by Crippen LogP contribution is 2.14. The number of aryl methyl sites for hydroxylation is 1. The zero-order valence-electron chi connectivity index (χ0n) is 11.5. The van der Waals surface area contributed by atoms with Gasteiger partial charge < -0.3 is 10.4 Å². The van der Waals surface area contributed by atoms with E-state index in [9.17, 15) is 4.79 Å². The van der Waals surface area contributed by atoms with Crippen molar-refractivity contribution in [3.63, 3.8) is 0 Å². The average Bonchev–Trinajstić information content (AvgIpc) is 2.35. The van der Waals surface area contributed by atoms with Crippen LogP contribution in [0.25, 0.3) is 0 Å². The van der Waals surface area contributed by atoms with Crippen LogP contribution in [-0.2, 0) is 6.42 Å². The molecular weight excluding hydrogens is 228 g/mol. The fourth-order valence-corrected chi connectivity index (χ4v) is 1.48. The molecule has 0 bridgehead atoms. The van der Waals surface area contributed by atoms with Crippen molar-refractivity contribution in [3.8, 4) is 0 Å². The van der Waals surface area contributed by atoms with Crippen molar-refractivity contribution < 1.29 is 9.90 Å². The SMILES string of the molecule is CCc1cc(C(=O)O)cc(NCC(C)C(C)C)n1. The smallest absolute Gasteiger partial charge is 0.335 e. The maximum Gasteiger partial charge on any atom is 0.335 e. The zero-order chi connectivity index (χ0) is 13.7. The first-order chi connectivity index (χ1) is 8.43. The van der Waals surface area contributed by atoms with Gasteiger partial charge in [-0.15, -0.1) is 0 Å². The summed E-state index contributed by atoms with van der Waals surface area (Å²) in [5, 5.41) is 12.3. The molecule has 1 rings (SSSR count). The van der Waals surface area contributed by atoms with Crippen molar-refractivity contribution in [1.29, 1.82) is 0 Å². The molecule has 0 aliphatic rings. The van der Waals surface area contributed by atoms with Gasteiger partial charge >= 0.3 is 5.97 Å². The van der Waals surface area contributed by atoms with E-state index in [2.05, 4.69) is 31.1 Å². The Morgan fingerprint density at radius 3 is 2.56 bits per heavy atom. The summed E-state index contributed by atoms with van der Waals surface area (Å²) < 4.78 is 0. The van der Waals surface area contributed by atoms with Gasteiger partial charge in [-0.3, -0.25) is 0 Å². The molecule has 4 heteroatoms. The van der Waals surface area contributed by atoms with Crippen molar-refractivity contribution in [1.82, 2.24) is 4.98 Å². The van der Waals surface area contributed by atoms with Crippen LogP contribution in [0.1, 0.15) is 43.7 Å². The van der Waals surface area contributed by atoms with Crippen LogP contribution in [0.4, 0.5) is 5.82 Å². The van der Waals surface area contributed by atoms with Gasteiger partial charge in [-0.05, 0) is 30.4 Å². The lowest BCUT2D eigenvalue weighted by Crippen LogP contribution is -2.17. The second-order valence-electron chi connectivity index (χ2n) is 4.99. The van der Waals surface area contributed by atoms with E-state index in [1.807, 2.05) is 6.92 Å². The van der Waals surface area contributed by atoms with Crippen molar-refractivity contribution in [3.05, 3.63) is 23.4 Å². The largest absolute Gasteiger partial charge is 0.478 e. The maximum atomic E-state index is 11.0. The maximum absolute atomic E-state index is 11.0. The number of hydrogen-bond donors (Lipinski definition) is 2. The minimum Gasteiger partial charge on any atom is -0.478 e. The molecule has 1 atom stereocenters. The number of anilines is 1. The summed E-state index contributed by atoms with van der Waals surface area (Å²) >= 11 is 0. The molecule has 0 spiro atoms. The molecule has 0 aliphatic carbocycles. The Balaban J connectivity index is 2.81. The van der Waals surface area contributed by atoms with Crippen molar-refractivity contribution in [2.24, 2.45) is 11.8 Å². The molecule has 4 nitrogen and oxygen atoms in total. The summed E-state index contributed by atoms with van der Waals surface area (Å²) in [6.07, 6.45) is 0.732. The number of carbonyl (C=O) groups is 1. The van der Waals surface area contributed by atoms with Gasteiger partial charge in [-0.25, -0.2) is 9.78 Å². The number of aromatic carboxylic acids is 1. The highest BCUT2D eigenvalue weighted by Gasteiger charge is 2.10. The van der Waals surface area contributed by atoms with Gasteiger partial charge in [0.2, 0.25) is 0 Å². The molecule has 18 heavy (non-hydrogen) atoms. The van der Waals surface area contributed by atoms with Gasteiger partial charge in [0.1, 0.15) is 5.82 Å². The Labute approximate surface area is 108 Å². The van der Waals surface area contributed by atoms with E-state index in [4.69, 9.17) is 5.11 Å². The summed E-state index contributed by atoms with van der Waals surface area (Å²) in [6.45, 7) is 9.28. The number of nitrogens with one attached hydrogen (secondary N) is 1. The Bertz CT molecular complexity index is 416. The molecule has 0 aromatic carbocycles. The molecule has 1 aromatic rings. The van der Waals surface area contributed by atoms with E-state index in [-0.39, 0.29) is 0 Å². The van der Waals surface area contributed by atoms with Gasteiger partial charge in [-0.2, -0.15) is 0 Å². The predicted octanol–water partition coefficient (Wildman–Crippen LogP) is 3.05. The van der Waals surface area contributed by atoms with E-state index in [1.54, 1.807) is 12.1 Å². The van der Waals surface area contributed by atoms with E-state index in [1.165, 1.54) is 0 Å². The van der Waals surface area contributed by atoms with Crippen LogP contribution in [0.5, 0.6) is 0 Å². The second kappa shape index (κ2) is 6.38. The third kappa shape index (κ3) is 4.02. The standard InChI is InChI=1S/C14H22N2O2/c1-5-12-6-11(14(17)18)7-13(16-12)15-8-10(4)9(2)3/h6-7,9-10H,5,8H2,1-4H3,(H,15,16)(H,17,18). The Morgan fingerprint density at radius 2 is 2.06 bits per heavy atom. The normalized spacial score (nSPS) is 12.5. The first-order valence-corrected chi connectivity index (χ1v) is 6.42. The third-order valence-electron chi connectivity index (χ3n) is 3.23. The molecule has 0 saturated heterocycles. The quantitative estimate of drug-likeness (QED) is 0.814. The number of hydrogen-bond acceptors (Lipinski definition) is 3. The van der Waals surface area contributed by atoms with Crippen LogP contribution in [0.15, 0.2) is 12.1 Å². The topological polar surface area (TPSA) is 62.2 Å². The monoisotopic (exact) mass is 250 g/mol. The van der Waals surface area contributed by atoms with Crippen molar-refractivity contribution in [2.45, 2.75) is 34.1 Å². The first-order valence-electron chi connectivity index (χ1n) is 6.42. The number of carboxylic acid groups (broad SMARTS) is 1. The van der Waals surface area contributed by atoms with Crippen LogP contribution in [0.2, 0.25) is 0 Å². The Morgan fingerprint density at radius 1 is 1.39 bits per heavy atom. The molecule has 1 unspecified atom stereocenters. The minimum atomic E-state index is -0.910. The average molecular weight is 250 g/mol. The molecule has 0 aliphatic heterocycles. The van der Waals surface area contributed by atoms with Crippen molar-refractivity contribution >= 4 is 11.8 Å². The van der Waals surface area contributed by atoms with E-state index < -0.39 is 5.97 Å². The molecule has 0 amide bonds. The summed E-state index contributed by atoms with van der Waals surface area (Å²) in [4.78, 5) is 15.4. The highest BCUT2D eigenvalue weighted by molar-refractivity contribution is 5.88. The van der Waals surface area contributed by atoms with Gasteiger partial charge in [0, 0.05) is 12.2 Å². The second-order valence-corrected chi connectivity index (χ2v) is 4.99. The van der Waals surface area contributed by atoms with Gasteiger partial charge in [0.05, 0.1) is 5.56 Å². The van der Waals surface area contributed by atoms with E-state index >= 15 is 0 Å². The van der Waals surface area contributed by atoms with Crippen LogP contribution in [0.3, 0.4) is 0 Å². The fraction of sp³-hybridized carbons (Fsp3) is 0.571. The molecule has 100 valence electrons. The lowest BCUT2D eigenvalue weighted by Gasteiger charge is -2.17. The molecule has 0 fully saturated rings. The zero-order valence-corrected chi connectivity index (χ0v) is 11.5. The molecule has 1 heterocycles. The van der Waals surface area contributed by atoms with E-state index in [0.29, 0.717) is 23.2 Å². The number of rotatable bonds is 6. The lowest BCUT2D eigenvalue weighted by molar-refractivity contribution is 0.0696. The number of nitrogens with zero attached hydrogens (tertiary/aromatic N) is 1. The summed E-state index contributed by atoms with van der Waals surface area (Å²) in [7, 11) is 0. The summed E-state index contributed by atoms with van der Waals surface area (Å²) in [6, 6.07) is 3.22. The number of carboxylic acids is 1. The van der Waals surface area contributed by atoms with E-state index in [0.717, 1.165) is 18.7 Å². The number of aromatic nitrogens is 1. The molecule has 0 saturated carbocycles. The molecule has 1 aromatic heterocycles. The minimum absolute atomic E-state index is 0.293. The third-order valence-corrected chi connectivity index (χ3v) is 3.23. The fourth-order valence-electron chi connectivity index (χ4n) is 1.48. The Hall–Kier alpha value is -1.58. The molecule has 2 N–H and O–H groups in total. The summed E-state index contributed by atoms with van der Waals surface area (Å²) in [5.41, 5.74) is 1.09. The van der Waals surface area contributed by atoms with Gasteiger partial charge in [0.25, 0.3) is 0 Å². The van der Waals surface area contributed by atoms with Crippen LogP contribution >= 0.6 is 0 Å². The van der Waals surface area contributed by atoms with Crippen LogP contribution in [0, 0.1) is 11.8 Å². The predicted molar refractivity (Wildman–Crippen MR) is 73.1 cm³/mol. The van der Waals surface area contributed by atoms with Gasteiger partial charge in [-0.1, -0.05) is 27.7 Å². The lowest BCUT2D eigenvalue weighted by atomic mass is 9.98. The summed E-state index contributed by atoms with van der Waals surface area (Å²) in [5.74, 6) is 0.850. The Kier molecular flexibility index (Phi) is 5.13. The van der Waals surface area contributed by atoms with Crippen LogP contribution in [-0.4, -0.2) is 22.6 Å². The number of pyridine rings is 1.